The first-order valence-electron chi connectivity index (χ1n) is 6.03. The van der Waals surface area contributed by atoms with E-state index >= 15 is 0 Å². The lowest BCUT2D eigenvalue weighted by molar-refractivity contribution is 0.527. The van der Waals surface area contributed by atoms with Crippen LogP contribution in [0.4, 0.5) is 0 Å². The normalized spacial score (nSPS) is 12.7. The largest absolute Gasteiger partial charge is 0.271 e. The van der Waals surface area contributed by atoms with Crippen LogP contribution in [0.1, 0.15) is 23.0 Å². The maximum Gasteiger partial charge on any atom is 0.0738 e. The highest BCUT2D eigenvalue weighted by molar-refractivity contribution is 14.1. The molecule has 3 N–H and O–H groups in total. The molecule has 2 aromatic rings. The van der Waals surface area contributed by atoms with Gasteiger partial charge in [-0.2, -0.15) is 5.10 Å². The fraction of sp³-hybridized carbons (Fsp3) is 0.308. The fourth-order valence-electron chi connectivity index (χ4n) is 2.14. The SMILES string of the molecule is Cc1nn(C)c(CC(NN)c2cc(Cl)ccc2I)c1Br. The zero-order valence-electron chi connectivity index (χ0n) is 11.1. The average molecular weight is 470 g/mol. The first kappa shape index (κ1) is 16.2. The first-order valence-corrected chi connectivity index (χ1v) is 8.28. The van der Waals surface area contributed by atoms with Gasteiger partial charge in [-0.3, -0.25) is 16.0 Å². The summed E-state index contributed by atoms with van der Waals surface area (Å²) < 4.78 is 4.03. The van der Waals surface area contributed by atoms with Crippen molar-refractivity contribution in [2.75, 3.05) is 0 Å². The Morgan fingerprint density at radius 3 is 2.80 bits per heavy atom. The number of hydrogen-bond donors (Lipinski definition) is 2. The number of hydrogen-bond acceptors (Lipinski definition) is 3. The smallest absolute Gasteiger partial charge is 0.0738 e. The third-order valence-electron chi connectivity index (χ3n) is 3.19. The van der Waals surface area contributed by atoms with Gasteiger partial charge in [0, 0.05) is 22.1 Å². The molecule has 0 saturated carbocycles. The zero-order valence-corrected chi connectivity index (χ0v) is 15.6. The third kappa shape index (κ3) is 3.36. The minimum Gasteiger partial charge on any atom is -0.271 e. The number of nitrogens with zero attached hydrogens (tertiary/aromatic N) is 2. The predicted octanol–water partition coefficient (Wildman–Crippen LogP) is 3.50. The molecule has 7 heteroatoms. The van der Waals surface area contributed by atoms with Crippen LogP contribution in [0.25, 0.3) is 0 Å². The van der Waals surface area contributed by atoms with E-state index < -0.39 is 0 Å². The molecule has 1 unspecified atom stereocenters. The van der Waals surface area contributed by atoms with Crippen molar-refractivity contribution in [2.45, 2.75) is 19.4 Å². The predicted molar refractivity (Wildman–Crippen MR) is 93.6 cm³/mol. The number of aromatic nitrogens is 2. The van der Waals surface area contributed by atoms with Gasteiger partial charge >= 0.3 is 0 Å². The minimum atomic E-state index is -0.0216. The number of hydrazine groups is 1. The molecule has 0 amide bonds. The molecule has 0 aliphatic heterocycles. The van der Waals surface area contributed by atoms with E-state index in [1.54, 1.807) is 0 Å². The molecule has 0 fully saturated rings. The molecule has 20 heavy (non-hydrogen) atoms. The number of benzene rings is 1. The van der Waals surface area contributed by atoms with Gasteiger partial charge in [0.05, 0.1) is 21.9 Å². The number of halogens is 3. The highest BCUT2D eigenvalue weighted by Crippen LogP contribution is 2.29. The molecule has 1 heterocycles. The van der Waals surface area contributed by atoms with Crippen molar-refractivity contribution in [3.05, 3.63) is 48.2 Å². The van der Waals surface area contributed by atoms with Crippen LogP contribution in [0.5, 0.6) is 0 Å². The summed E-state index contributed by atoms with van der Waals surface area (Å²) in [5.74, 6) is 5.74. The molecule has 0 aliphatic carbocycles. The van der Waals surface area contributed by atoms with Gasteiger partial charge in [-0.25, -0.2) is 0 Å². The molecule has 0 radical (unpaired) electrons. The van der Waals surface area contributed by atoms with Crippen LogP contribution in [0, 0.1) is 10.5 Å². The minimum absolute atomic E-state index is 0.0216. The summed E-state index contributed by atoms with van der Waals surface area (Å²) in [4.78, 5) is 0. The van der Waals surface area contributed by atoms with Crippen LogP contribution in [0.2, 0.25) is 5.02 Å². The molecule has 1 aromatic heterocycles. The second-order valence-electron chi connectivity index (χ2n) is 4.56. The van der Waals surface area contributed by atoms with E-state index in [0.717, 1.165) is 31.4 Å². The van der Waals surface area contributed by atoms with Gasteiger partial charge < -0.3 is 0 Å². The molecule has 0 aliphatic rings. The number of aryl methyl sites for hydroxylation is 2. The van der Waals surface area contributed by atoms with Gasteiger partial charge in [-0.15, -0.1) is 0 Å². The van der Waals surface area contributed by atoms with E-state index in [2.05, 4.69) is 49.0 Å². The van der Waals surface area contributed by atoms with Gasteiger partial charge in [-0.05, 0) is 69.2 Å². The van der Waals surface area contributed by atoms with Gasteiger partial charge in [0.15, 0.2) is 0 Å². The Bertz CT molecular complexity index is 629. The van der Waals surface area contributed by atoms with Gasteiger partial charge in [0.2, 0.25) is 0 Å². The summed E-state index contributed by atoms with van der Waals surface area (Å²) in [6, 6.07) is 5.80. The Hall–Kier alpha value is -0.150. The number of nitrogens with two attached hydrogens (primary N) is 1. The lowest BCUT2D eigenvalue weighted by atomic mass is 10.0. The lowest BCUT2D eigenvalue weighted by Crippen LogP contribution is -2.30. The molecular formula is C13H15BrClIN4. The Balaban J connectivity index is 2.36. The summed E-state index contributed by atoms with van der Waals surface area (Å²) in [5.41, 5.74) is 6.03. The maximum absolute atomic E-state index is 6.09. The second-order valence-corrected chi connectivity index (χ2v) is 6.95. The Morgan fingerprint density at radius 2 is 2.25 bits per heavy atom. The van der Waals surface area contributed by atoms with E-state index in [0.29, 0.717) is 5.02 Å². The molecule has 0 saturated heterocycles. The molecule has 0 spiro atoms. The average Bonchev–Trinajstić information content (AvgIpc) is 2.65. The van der Waals surface area contributed by atoms with E-state index in [4.69, 9.17) is 17.4 Å². The van der Waals surface area contributed by atoms with Crippen molar-refractivity contribution in [1.82, 2.24) is 15.2 Å². The summed E-state index contributed by atoms with van der Waals surface area (Å²) in [6.07, 6.45) is 0.727. The van der Waals surface area contributed by atoms with Crippen LogP contribution in [0.15, 0.2) is 22.7 Å². The topological polar surface area (TPSA) is 55.9 Å². The highest BCUT2D eigenvalue weighted by Gasteiger charge is 2.19. The lowest BCUT2D eigenvalue weighted by Gasteiger charge is -2.18. The van der Waals surface area contributed by atoms with E-state index in [1.165, 1.54) is 0 Å². The van der Waals surface area contributed by atoms with Gasteiger partial charge in [0.1, 0.15) is 0 Å². The highest BCUT2D eigenvalue weighted by atomic mass is 127. The number of nitrogens with one attached hydrogen (secondary N) is 1. The van der Waals surface area contributed by atoms with Crippen LogP contribution >= 0.6 is 50.1 Å². The summed E-state index contributed by atoms with van der Waals surface area (Å²) in [5, 5.41) is 5.11. The summed E-state index contributed by atoms with van der Waals surface area (Å²) in [7, 11) is 1.93. The molecular weight excluding hydrogens is 454 g/mol. The monoisotopic (exact) mass is 468 g/mol. The van der Waals surface area contributed by atoms with Crippen LogP contribution in [0.3, 0.4) is 0 Å². The fourth-order valence-corrected chi connectivity index (χ4v) is 3.53. The van der Waals surface area contributed by atoms with Crippen molar-refractivity contribution in [2.24, 2.45) is 12.9 Å². The van der Waals surface area contributed by atoms with Gasteiger partial charge in [-0.1, -0.05) is 11.6 Å². The van der Waals surface area contributed by atoms with Crippen LogP contribution < -0.4 is 11.3 Å². The zero-order chi connectivity index (χ0) is 14.9. The Labute approximate surface area is 145 Å². The molecule has 1 aromatic carbocycles. The van der Waals surface area contributed by atoms with E-state index in [1.807, 2.05) is 36.9 Å². The van der Waals surface area contributed by atoms with E-state index in [-0.39, 0.29) is 6.04 Å². The van der Waals surface area contributed by atoms with Crippen molar-refractivity contribution in [3.63, 3.8) is 0 Å². The van der Waals surface area contributed by atoms with Gasteiger partial charge in [0.25, 0.3) is 0 Å². The van der Waals surface area contributed by atoms with Crippen molar-refractivity contribution < 1.29 is 0 Å². The van der Waals surface area contributed by atoms with Crippen LogP contribution in [-0.4, -0.2) is 9.78 Å². The summed E-state index contributed by atoms with van der Waals surface area (Å²) >= 11 is 12.0. The molecule has 2 rings (SSSR count). The van der Waals surface area contributed by atoms with Crippen molar-refractivity contribution in [3.8, 4) is 0 Å². The molecule has 0 bridgehead atoms. The van der Waals surface area contributed by atoms with E-state index in [9.17, 15) is 0 Å². The van der Waals surface area contributed by atoms with Crippen molar-refractivity contribution >= 4 is 50.1 Å². The summed E-state index contributed by atoms with van der Waals surface area (Å²) in [6.45, 7) is 1.97. The second kappa shape index (κ2) is 6.74. The quantitative estimate of drug-likeness (QED) is 0.410. The standard InChI is InChI=1S/C13H15BrClIN4/c1-7-13(14)12(20(2)19-7)6-11(18-17)9-5-8(15)3-4-10(9)16/h3-5,11,18H,6,17H2,1-2H3. The molecule has 4 nitrogen and oxygen atoms in total. The van der Waals surface area contributed by atoms with Crippen molar-refractivity contribution in [1.29, 1.82) is 0 Å². The molecule has 1 atom stereocenters. The Morgan fingerprint density at radius 1 is 1.55 bits per heavy atom. The maximum atomic E-state index is 6.09. The third-order valence-corrected chi connectivity index (χ3v) is 5.44. The molecule has 108 valence electrons. The Kier molecular flexibility index (Phi) is 5.47. The number of rotatable bonds is 4. The first-order chi connectivity index (χ1) is 9.43. The van der Waals surface area contributed by atoms with Crippen LogP contribution in [-0.2, 0) is 13.5 Å².